The lowest BCUT2D eigenvalue weighted by Crippen LogP contribution is -2.40. The van der Waals surface area contributed by atoms with Gasteiger partial charge in [-0.3, -0.25) is 4.79 Å². The van der Waals surface area contributed by atoms with Gasteiger partial charge in [0.25, 0.3) is 0 Å². The maximum atomic E-state index is 12.7. The Bertz CT molecular complexity index is 556. The number of rotatable bonds is 3. The molecule has 0 saturated carbocycles. The number of anilines is 1. The van der Waals surface area contributed by atoms with E-state index in [2.05, 4.69) is 6.07 Å². The minimum absolute atomic E-state index is 0.111. The summed E-state index contributed by atoms with van der Waals surface area (Å²) in [6.07, 6.45) is 0.544. The van der Waals surface area contributed by atoms with Gasteiger partial charge in [-0.15, -0.1) is 0 Å². The minimum atomic E-state index is -0.591. The molecule has 1 aliphatic rings. The minimum Gasteiger partial charge on any atom is -0.312 e. The number of nitriles is 1. The van der Waals surface area contributed by atoms with Crippen LogP contribution < -0.4 is 4.90 Å². The van der Waals surface area contributed by atoms with Crippen LogP contribution >= 0.6 is 0 Å². The van der Waals surface area contributed by atoms with Crippen LogP contribution in [0.5, 0.6) is 0 Å². The normalized spacial score (nSPS) is 22.3. The topological polar surface area (TPSA) is 44.1 Å². The number of para-hydroxylation sites is 1. The Morgan fingerprint density at radius 2 is 2.00 bits per heavy atom. The summed E-state index contributed by atoms with van der Waals surface area (Å²) < 4.78 is 0. The molecule has 1 amide bonds. The average molecular weight is 256 g/mol. The molecule has 0 radical (unpaired) electrons. The number of hydrogen-bond acceptors (Lipinski definition) is 2. The van der Waals surface area contributed by atoms with Gasteiger partial charge in [0.05, 0.1) is 16.9 Å². The van der Waals surface area contributed by atoms with Gasteiger partial charge in [-0.05, 0) is 45.7 Å². The van der Waals surface area contributed by atoms with Crippen LogP contribution in [0.15, 0.2) is 24.3 Å². The van der Waals surface area contributed by atoms with Crippen molar-refractivity contribution >= 4 is 11.6 Å². The summed E-state index contributed by atoms with van der Waals surface area (Å²) in [6, 6.07) is 10.2. The van der Waals surface area contributed by atoms with Crippen molar-refractivity contribution in [2.45, 2.75) is 39.5 Å². The van der Waals surface area contributed by atoms with Crippen molar-refractivity contribution in [1.82, 2.24) is 0 Å². The molecule has 1 aliphatic heterocycles. The number of amides is 1. The second-order valence-electron chi connectivity index (χ2n) is 6.07. The monoisotopic (exact) mass is 256 g/mol. The first kappa shape index (κ1) is 13.6. The fourth-order valence-electron chi connectivity index (χ4n) is 3.11. The third-order valence-electron chi connectivity index (χ3n) is 3.92. The van der Waals surface area contributed by atoms with Gasteiger partial charge < -0.3 is 4.90 Å². The summed E-state index contributed by atoms with van der Waals surface area (Å²) >= 11 is 0. The third-order valence-corrected chi connectivity index (χ3v) is 3.92. The smallest absolute Gasteiger partial charge is 0.237 e. The van der Waals surface area contributed by atoms with Crippen LogP contribution in [0.25, 0.3) is 0 Å². The maximum absolute atomic E-state index is 12.7. The molecule has 1 heterocycles. The zero-order valence-corrected chi connectivity index (χ0v) is 12.0. The van der Waals surface area contributed by atoms with E-state index in [0.29, 0.717) is 13.0 Å². The number of fused-ring (bicyclic) bond motifs is 1. The number of benzene rings is 1. The van der Waals surface area contributed by atoms with Crippen LogP contribution in [0, 0.1) is 16.7 Å². The van der Waals surface area contributed by atoms with E-state index >= 15 is 0 Å². The lowest BCUT2D eigenvalue weighted by atomic mass is 9.71. The van der Waals surface area contributed by atoms with Crippen LogP contribution in [-0.4, -0.2) is 12.5 Å². The van der Waals surface area contributed by atoms with Crippen molar-refractivity contribution < 1.29 is 4.79 Å². The fraction of sp³-hybridized carbons (Fsp3) is 0.500. The number of nitrogens with zero attached hydrogens (tertiary/aromatic N) is 2. The van der Waals surface area contributed by atoms with Crippen LogP contribution in [0.4, 0.5) is 5.69 Å². The predicted octanol–water partition coefficient (Wildman–Crippen LogP) is 3.25. The molecule has 3 heteroatoms. The first-order valence-corrected chi connectivity index (χ1v) is 6.68. The third kappa shape index (κ3) is 2.02. The second-order valence-corrected chi connectivity index (χ2v) is 6.07. The summed E-state index contributed by atoms with van der Waals surface area (Å²) in [5, 5.41) is 9.25. The molecule has 1 atom stereocenters. The molecule has 0 fully saturated rings. The van der Waals surface area contributed by atoms with Gasteiger partial charge in [-0.25, -0.2) is 0 Å². The average Bonchev–Trinajstić information content (AvgIpc) is 2.59. The first-order valence-electron chi connectivity index (χ1n) is 6.68. The van der Waals surface area contributed by atoms with E-state index in [4.69, 9.17) is 0 Å². The molecule has 1 aromatic rings. The van der Waals surface area contributed by atoms with Gasteiger partial charge in [-0.1, -0.05) is 18.2 Å². The Kier molecular flexibility index (Phi) is 3.14. The van der Waals surface area contributed by atoms with Gasteiger partial charge in [0.1, 0.15) is 0 Å². The zero-order chi connectivity index (χ0) is 14.3. The van der Waals surface area contributed by atoms with E-state index in [1.807, 2.05) is 56.9 Å². The highest BCUT2D eigenvalue weighted by molar-refractivity contribution is 6.07. The molecule has 0 saturated heterocycles. The van der Waals surface area contributed by atoms with Gasteiger partial charge in [0.2, 0.25) is 5.91 Å². The lowest BCUT2D eigenvalue weighted by Gasteiger charge is -2.29. The Labute approximate surface area is 114 Å². The molecular formula is C16H20N2O. The van der Waals surface area contributed by atoms with E-state index in [1.54, 1.807) is 0 Å². The van der Waals surface area contributed by atoms with E-state index in [-0.39, 0.29) is 5.91 Å². The molecule has 1 aromatic carbocycles. The largest absolute Gasteiger partial charge is 0.312 e. The lowest BCUT2D eigenvalue weighted by molar-refractivity contribution is -0.123. The molecule has 0 unspecified atom stereocenters. The van der Waals surface area contributed by atoms with Gasteiger partial charge in [-0.2, -0.15) is 5.26 Å². The SMILES string of the molecule is CCN1C(=O)[C@@](C)(CC(C)(C)C#N)c2ccccc21. The Morgan fingerprint density at radius 1 is 1.37 bits per heavy atom. The van der Waals surface area contributed by atoms with E-state index in [0.717, 1.165) is 11.3 Å². The van der Waals surface area contributed by atoms with Crippen molar-refractivity contribution in [3.8, 4) is 6.07 Å². The predicted molar refractivity (Wildman–Crippen MR) is 75.8 cm³/mol. The summed E-state index contributed by atoms with van der Waals surface area (Å²) in [5.74, 6) is 0.111. The highest BCUT2D eigenvalue weighted by Gasteiger charge is 2.49. The highest BCUT2D eigenvalue weighted by atomic mass is 16.2. The quantitative estimate of drug-likeness (QED) is 0.833. The van der Waals surface area contributed by atoms with Crippen molar-refractivity contribution in [2.24, 2.45) is 5.41 Å². The molecular weight excluding hydrogens is 236 g/mol. The Morgan fingerprint density at radius 3 is 2.58 bits per heavy atom. The second kappa shape index (κ2) is 4.38. The van der Waals surface area contributed by atoms with Crippen LogP contribution in [0.3, 0.4) is 0 Å². The van der Waals surface area contributed by atoms with Crippen LogP contribution in [0.2, 0.25) is 0 Å². The molecule has 19 heavy (non-hydrogen) atoms. The molecule has 100 valence electrons. The standard InChI is InChI=1S/C16H20N2O/c1-5-18-13-9-7-6-8-12(13)16(4,14(18)19)10-15(2,3)11-17/h6-9H,5,10H2,1-4H3/t16-/m0/s1. The Balaban J connectivity index is 2.53. The fourth-order valence-corrected chi connectivity index (χ4v) is 3.11. The van der Waals surface area contributed by atoms with Crippen molar-refractivity contribution in [3.05, 3.63) is 29.8 Å². The van der Waals surface area contributed by atoms with Crippen molar-refractivity contribution in [1.29, 1.82) is 5.26 Å². The summed E-state index contributed by atoms with van der Waals surface area (Å²) in [4.78, 5) is 14.5. The molecule has 0 aromatic heterocycles. The van der Waals surface area contributed by atoms with E-state index < -0.39 is 10.8 Å². The number of carbonyl (C=O) groups is 1. The van der Waals surface area contributed by atoms with Gasteiger partial charge in [0, 0.05) is 12.2 Å². The van der Waals surface area contributed by atoms with Crippen molar-refractivity contribution in [3.63, 3.8) is 0 Å². The van der Waals surface area contributed by atoms with Gasteiger partial charge >= 0.3 is 0 Å². The number of likely N-dealkylation sites (N-methyl/N-ethyl adjacent to an activating group) is 1. The molecule has 3 nitrogen and oxygen atoms in total. The van der Waals surface area contributed by atoms with E-state index in [1.165, 1.54) is 0 Å². The van der Waals surface area contributed by atoms with Crippen LogP contribution in [-0.2, 0) is 10.2 Å². The summed E-state index contributed by atoms with van der Waals surface area (Å²) in [5.41, 5.74) is 0.934. The first-order chi connectivity index (χ1) is 8.85. The van der Waals surface area contributed by atoms with Crippen molar-refractivity contribution in [2.75, 3.05) is 11.4 Å². The maximum Gasteiger partial charge on any atom is 0.237 e. The number of carbonyl (C=O) groups excluding carboxylic acids is 1. The molecule has 0 spiro atoms. The summed E-state index contributed by atoms with van der Waals surface area (Å²) in [7, 11) is 0. The molecule has 0 bridgehead atoms. The van der Waals surface area contributed by atoms with Crippen LogP contribution in [0.1, 0.15) is 39.7 Å². The van der Waals surface area contributed by atoms with Gasteiger partial charge in [0.15, 0.2) is 0 Å². The molecule has 2 rings (SSSR count). The zero-order valence-electron chi connectivity index (χ0n) is 12.0. The highest BCUT2D eigenvalue weighted by Crippen LogP contribution is 2.47. The van der Waals surface area contributed by atoms with E-state index in [9.17, 15) is 10.1 Å². The summed E-state index contributed by atoms with van der Waals surface area (Å²) in [6.45, 7) is 8.39. The Hall–Kier alpha value is -1.82. The molecule has 0 N–H and O–H groups in total. The number of hydrogen-bond donors (Lipinski definition) is 0. The molecule has 0 aliphatic carbocycles.